The molecule has 12 heavy (non-hydrogen) atoms. The van der Waals surface area contributed by atoms with E-state index in [-0.39, 0.29) is 6.04 Å². The second kappa shape index (κ2) is 4.07. The minimum Gasteiger partial charge on any atom is -0.324 e. The molecule has 1 rings (SSSR count). The predicted octanol–water partition coefficient (Wildman–Crippen LogP) is 2.44. The Balaban J connectivity index is 2.81. The number of nitrogens with two attached hydrogens (primary N) is 1. The van der Waals surface area contributed by atoms with Gasteiger partial charge in [0.15, 0.2) is 0 Å². The van der Waals surface area contributed by atoms with E-state index in [1.807, 2.05) is 25.1 Å². The Hall–Kier alpha value is -1.08. The summed E-state index contributed by atoms with van der Waals surface area (Å²) in [6.45, 7) is 4.05. The normalized spacial score (nSPS) is 14.4. The molecule has 1 atom stereocenters. The molecule has 0 aliphatic carbocycles. The quantitative estimate of drug-likeness (QED) is 0.708. The van der Waals surface area contributed by atoms with Gasteiger partial charge in [-0.3, -0.25) is 0 Å². The van der Waals surface area contributed by atoms with Crippen molar-refractivity contribution < 1.29 is 0 Å². The third kappa shape index (κ3) is 2.51. The van der Waals surface area contributed by atoms with Crippen LogP contribution in [0.4, 0.5) is 0 Å². The fraction of sp³-hybridized carbons (Fsp3) is 0.273. The lowest BCUT2D eigenvalue weighted by Crippen LogP contribution is -2.15. The van der Waals surface area contributed by atoms with Crippen molar-refractivity contribution in [1.29, 1.82) is 0 Å². The molecule has 0 aromatic heterocycles. The Bertz CT molecular complexity index is 260. The SMILES string of the molecule is CC(=Cc1ccccc1)C(C)N. The molecule has 64 valence electrons. The minimum atomic E-state index is 0.144. The number of hydrogen-bond donors (Lipinski definition) is 1. The molecule has 0 amide bonds. The average molecular weight is 161 g/mol. The summed E-state index contributed by atoms with van der Waals surface area (Å²) in [6, 6.07) is 10.4. The molecule has 0 aliphatic heterocycles. The van der Waals surface area contributed by atoms with Crippen LogP contribution < -0.4 is 5.73 Å². The second-order valence-corrected chi connectivity index (χ2v) is 3.09. The number of hydrogen-bond acceptors (Lipinski definition) is 1. The van der Waals surface area contributed by atoms with E-state index in [0.29, 0.717) is 0 Å². The number of benzene rings is 1. The molecule has 2 N–H and O–H groups in total. The van der Waals surface area contributed by atoms with Crippen LogP contribution in [-0.4, -0.2) is 6.04 Å². The first-order valence-electron chi connectivity index (χ1n) is 4.19. The maximum Gasteiger partial charge on any atom is 0.0225 e. The highest BCUT2D eigenvalue weighted by atomic mass is 14.6. The van der Waals surface area contributed by atoms with Crippen molar-refractivity contribution in [3.05, 3.63) is 41.5 Å². The molecule has 1 unspecified atom stereocenters. The first-order chi connectivity index (χ1) is 5.70. The van der Waals surface area contributed by atoms with Crippen molar-refractivity contribution in [3.63, 3.8) is 0 Å². The Labute approximate surface area is 73.9 Å². The molecule has 0 radical (unpaired) electrons. The highest BCUT2D eigenvalue weighted by Crippen LogP contribution is 2.07. The van der Waals surface area contributed by atoms with Crippen LogP contribution in [-0.2, 0) is 0 Å². The summed E-state index contributed by atoms with van der Waals surface area (Å²) in [5.41, 5.74) is 8.14. The van der Waals surface area contributed by atoms with E-state index in [1.54, 1.807) is 0 Å². The van der Waals surface area contributed by atoms with Crippen molar-refractivity contribution in [1.82, 2.24) is 0 Å². The van der Waals surface area contributed by atoms with Gasteiger partial charge in [0.25, 0.3) is 0 Å². The Morgan fingerprint density at radius 3 is 2.42 bits per heavy atom. The highest BCUT2D eigenvalue weighted by molar-refractivity contribution is 5.52. The van der Waals surface area contributed by atoms with Gasteiger partial charge in [0.1, 0.15) is 0 Å². The van der Waals surface area contributed by atoms with E-state index in [1.165, 1.54) is 11.1 Å². The average Bonchev–Trinajstić information content (AvgIpc) is 2.06. The molecule has 0 heterocycles. The molecule has 0 saturated carbocycles. The Morgan fingerprint density at radius 1 is 1.33 bits per heavy atom. The monoisotopic (exact) mass is 161 g/mol. The minimum absolute atomic E-state index is 0.144. The summed E-state index contributed by atoms with van der Waals surface area (Å²) >= 11 is 0. The van der Waals surface area contributed by atoms with Gasteiger partial charge in [-0.05, 0) is 19.4 Å². The van der Waals surface area contributed by atoms with Crippen LogP contribution in [0.3, 0.4) is 0 Å². The molecule has 0 saturated heterocycles. The Kier molecular flexibility index (Phi) is 3.06. The van der Waals surface area contributed by atoms with Crippen LogP contribution >= 0.6 is 0 Å². The molecule has 0 spiro atoms. The van der Waals surface area contributed by atoms with Gasteiger partial charge in [-0.25, -0.2) is 0 Å². The smallest absolute Gasteiger partial charge is 0.0225 e. The van der Waals surface area contributed by atoms with Gasteiger partial charge in [-0.15, -0.1) is 0 Å². The summed E-state index contributed by atoms with van der Waals surface area (Å²) < 4.78 is 0. The summed E-state index contributed by atoms with van der Waals surface area (Å²) in [6.07, 6.45) is 2.12. The van der Waals surface area contributed by atoms with E-state index in [2.05, 4.69) is 25.1 Å². The number of rotatable bonds is 2. The first kappa shape index (κ1) is 9.01. The molecule has 1 aromatic rings. The summed E-state index contributed by atoms with van der Waals surface area (Å²) in [5.74, 6) is 0. The standard InChI is InChI=1S/C11H15N/c1-9(10(2)12)8-11-6-4-3-5-7-11/h3-8,10H,12H2,1-2H3. The zero-order chi connectivity index (χ0) is 8.97. The van der Waals surface area contributed by atoms with Gasteiger partial charge in [-0.1, -0.05) is 42.0 Å². The zero-order valence-electron chi connectivity index (χ0n) is 7.62. The van der Waals surface area contributed by atoms with Crippen LogP contribution in [0.25, 0.3) is 6.08 Å². The van der Waals surface area contributed by atoms with Crippen LogP contribution in [0.2, 0.25) is 0 Å². The van der Waals surface area contributed by atoms with E-state index in [0.717, 1.165) is 0 Å². The maximum absolute atomic E-state index is 5.72. The van der Waals surface area contributed by atoms with Gasteiger partial charge in [0.2, 0.25) is 0 Å². The summed E-state index contributed by atoms with van der Waals surface area (Å²) in [7, 11) is 0. The topological polar surface area (TPSA) is 26.0 Å². The van der Waals surface area contributed by atoms with Crippen LogP contribution in [0.5, 0.6) is 0 Å². The van der Waals surface area contributed by atoms with Crippen molar-refractivity contribution in [2.24, 2.45) is 5.73 Å². The predicted molar refractivity (Wildman–Crippen MR) is 53.7 cm³/mol. The van der Waals surface area contributed by atoms with Gasteiger partial charge < -0.3 is 5.73 Å². The molecular formula is C11H15N. The van der Waals surface area contributed by atoms with E-state index >= 15 is 0 Å². The lowest BCUT2D eigenvalue weighted by atomic mass is 10.1. The largest absolute Gasteiger partial charge is 0.324 e. The lowest BCUT2D eigenvalue weighted by molar-refractivity contribution is 0.868. The van der Waals surface area contributed by atoms with Crippen molar-refractivity contribution in [2.45, 2.75) is 19.9 Å². The highest BCUT2D eigenvalue weighted by Gasteiger charge is 1.95. The Morgan fingerprint density at radius 2 is 1.92 bits per heavy atom. The fourth-order valence-corrected chi connectivity index (χ4v) is 0.944. The van der Waals surface area contributed by atoms with Crippen LogP contribution in [0.1, 0.15) is 19.4 Å². The summed E-state index contributed by atoms with van der Waals surface area (Å²) in [4.78, 5) is 0. The fourth-order valence-electron chi connectivity index (χ4n) is 0.944. The van der Waals surface area contributed by atoms with E-state index in [9.17, 15) is 0 Å². The molecule has 1 nitrogen and oxygen atoms in total. The van der Waals surface area contributed by atoms with Crippen molar-refractivity contribution in [3.8, 4) is 0 Å². The van der Waals surface area contributed by atoms with Gasteiger partial charge in [0, 0.05) is 6.04 Å². The molecule has 1 aromatic carbocycles. The summed E-state index contributed by atoms with van der Waals surface area (Å²) in [5, 5.41) is 0. The molecule has 0 aliphatic rings. The van der Waals surface area contributed by atoms with Crippen molar-refractivity contribution in [2.75, 3.05) is 0 Å². The second-order valence-electron chi connectivity index (χ2n) is 3.09. The van der Waals surface area contributed by atoms with Gasteiger partial charge >= 0.3 is 0 Å². The van der Waals surface area contributed by atoms with Gasteiger partial charge in [-0.2, -0.15) is 0 Å². The van der Waals surface area contributed by atoms with Crippen LogP contribution in [0, 0.1) is 0 Å². The lowest BCUT2D eigenvalue weighted by Gasteiger charge is -2.04. The molecule has 0 bridgehead atoms. The maximum atomic E-state index is 5.72. The zero-order valence-corrected chi connectivity index (χ0v) is 7.62. The third-order valence-electron chi connectivity index (χ3n) is 1.91. The molecular weight excluding hydrogens is 146 g/mol. The van der Waals surface area contributed by atoms with E-state index < -0.39 is 0 Å². The van der Waals surface area contributed by atoms with E-state index in [4.69, 9.17) is 5.73 Å². The molecule has 1 heteroatoms. The molecule has 0 fully saturated rings. The van der Waals surface area contributed by atoms with Gasteiger partial charge in [0.05, 0.1) is 0 Å². The third-order valence-corrected chi connectivity index (χ3v) is 1.91. The van der Waals surface area contributed by atoms with Crippen molar-refractivity contribution >= 4 is 6.08 Å². The first-order valence-corrected chi connectivity index (χ1v) is 4.19. The van der Waals surface area contributed by atoms with Crippen LogP contribution in [0.15, 0.2) is 35.9 Å².